The molecule has 0 saturated heterocycles. The van der Waals surface area contributed by atoms with Crippen molar-refractivity contribution in [2.45, 2.75) is 20.8 Å². The lowest BCUT2D eigenvalue weighted by Crippen LogP contribution is -2.11. The van der Waals surface area contributed by atoms with E-state index in [1.165, 1.54) is 16.9 Å². The fraction of sp³-hybridized carbons (Fsp3) is 0.222. The molecule has 4 nitrogen and oxygen atoms in total. The van der Waals surface area contributed by atoms with Gasteiger partial charge in [0.1, 0.15) is 5.75 Å². The van der Waals surface area contributed by atoms with Crippen LogP contribution in [0.15, 0.2) is 36.4 Å². The highest BCUT2D eigenvalue weighted by atomic mass is 32.1. The zero-order valence-electron chi connectivity index (χ0n) is 13.3. The number of benzene rings is 2. The number of carbonyl (C=O) groups excluding carboxylic acids is 1. The van der Waals surface area contributed by atoms with Crippen LogP contribution in [0.5, 0.6) is 5.75 Å². The Balaban J connectivity index is 1.82. The van der Waals surface area contributed by atoms with Gasteiger partial charge in [-0.05, 0) is 56.2 Å². The van der Waals surface area contributed by atoms with E-state index in [9.17, 15) is 4.79 Å². The van der Waals surface area contributed by atoms with E-state index < -0.39 is 0 Å². The largest absolute Gasteiger partial charge is 0.494 e. The molecule has 0 atom stereocenters. The number of hydrogen-bond donors (Lipinski definition) is 1. The van der Waals surface area contributed by atoms with E-state index in [4.69, 9.17) is 4.74 Å². The van der Waals surface area contributed by atoms with Gasteiger partial charge in [-0.2, -0.15) is 0 Å². The van der Waals surface area contributed by atoms with E-state index in [1.807, 2.05) is 13.8 Å². The van der Waals surface area contributed by atoms with E-state index in [0.717, 1.165) is 21.5 Å². The molecule has 2 aromatic carbocycles. The number of aromatic nitrogens is 1. The molecule has 1 aromatic heterocycles. The summed E-state index contributed by atoms with van der Waals surface area (Å²) in [6.07, 6.45) is 0. The van der Waals surface area contributed by atoms with Crippen LogP contribution in [0.25, 0.3) is 10.2 Å². The molecule has 0 aliphatic rings. The maximum Gasteiger partial charge on any atom is 0.257 e. The minimum Gasteiger partial charge on any atom is -0.494 e. The molecule has 5 heteroatoms. The highest BCUT2D eigenvalue weighted by Gasteiger charge is 2.12. The first-order valence-corrected chi connectivity index (χ1v) is 8.31. The van der Waals surface area contributed by atoms with Crippen molar-refractivity contribution in [2.75, 3.05) is 11.9 Å². The summed E-state index contributed by atoms with van der Waals surface area (Å²) in [5.41, 5.74) is 3.83. The predicted molar refractivity (Wildman–Crippen MR) is 94.7 cm³/mol. The van der Waals surface area contributed by atoms with Gasteiger partial charge in [-0.25, -0.2) is 4.98 Å². The third kappa shape index (κ3) is 3.19. The Hall–Kier alpha value is -2.40. The third-order valence-electron chi connectivity index (χ3n) is 3.59. The molecular weight excluding hydrogens is 308 g/mol. The van der Waals surface area contributed by atoms with Crippen LogP contribution in [-0.4, -0.2) is 17.5 Å². The van der Waals surface area contributed by atoms with Gasteiger partial charge >= 0.3 is 0 Å². The van der Waals surface area contributed by atoms with Gasteiger partial charge in [0.25, 0.3) is 5.91 Å². The van der Waals surface area contributed by atoms with Crippen LogP contribution < -0.4 is 10.1 Å². The summed E-state index contributed by atoms with van der Waals surface area (Å²) < 4.78 is 6.50. The lowest BCUT2D eigenvalue weighted by molar-refractivity contribution is 0.102. The zero-order chi connectivity index (χ0) is 16.4. The van der Waals surface area contributed by atoms with Gasteiger partial charge in [0.15, 0.2) is 5.13 Å². The molecule has 0 spiro atoms. The predicted octanol–water partition coefficient (Wildman–Crippen LogP) is 4.56. The van der Waals surface area contributed by atoms with E-state index >= 15 is 0 Å². The molecule has 0 unspecified atom stereocenters. The number of amides is 1. The molecule has 3 aromatic rings. The zero-order valence-corrected chi connectivity index (χ0v) is 14.2. The van der Waals surface area contributed by atoms with E-state index in [2.05, 4.69) is 29.4 Å². The molecule has 3 rings (SSSR count). The Bertz CT molecular complexity index is 814. The second-order valence-electron chi connectivity index (χ2n) is 5.31. The van der Waals surface area contributed by atoms with Crippen molar-refractivity contribution in [1.82, 2.24) is 4.98 Å². The van der Waals surface area contributed by atoms with E-state index in [1.54, 1.807) is 24.3 Å². The first kappa shape index (κ1) is 15.5. The van der Waals surface area contributed by atoms with Crippen LogP contribution in [0, 0.1) is 13.8 Å². The summed E-state index contributed by atoms with van der Waals surface area (Å²) in [6, 6.07) is 11.2. The second-order valence-corrected chi connectivity index (χ2v) is 6.31. The Kier molecular flexibility index (Phi) is 4.30. The summed E-state index contributed by atoms with van der Waals surface area (Å²) in [7, 11) is 0. The van der Waals surface area contributed by atoms with Crippen LogP contribution in [0.4, 0.5) is 5.13 Å². The van der Waals surface area contributed by atoms with Crippen LogP contribution in [-0.2, 0) is 0 Å². The number of hydrogen-bond acceptors (Lipinski definition) is 4. The quantitative estimate of drug-likeness (QED) is 0.764. The highest BCUT2D eigenvalue weighted by molar-refractivity contribution is 7.22. The Morgan fingerprint density at radius 1 is 1.13 bits per heavy atom. The van der Waals surface area contributed by atoms with E-state index in [0.29, 0.717) is 17.3 Å². The van der Waals surface area contributed by atoms with Gasteiger partial charge in [-0.1, -0.05) is 23.5 Å². The van der Waals surface area contributed by atoms with Gasteiger partial charge in [0, 0.05) is 5.56 Å². The smallest absolute Gasteiger partial charge is 0.257 e. The van der Waals surface area contributed by atoms with Crippen molar-refractivity contribution >= 4 is 32.6 Å². The Labute approximate surface area is 139 Å². The summed E-state index contributed by atoms with van der Waals surface area (Å²) in [5, 5.41) is 3.50. The molecule has 0 aliphatic carbocycles. The maximum atomic E-state index is 12.3. The molecule has 0 fully saturated rings. The summed E-state index contributed by atoms with van der Waals surface area (Å²) in [4.78, 5) is 16.9. The highest BCUT2D eigenvalue weighted by Crippen LogP contribution is 2.31. The molecule has 0 aliphatic heterocycles. The van der Waals surface area contributed by atoms with E-state index in [-0.39, 0.29) is 5.91 Å². The van der Waals surface area contributed by atoms with Crippen molar-refractivity contribution in [2.24, 2.45) is 0 Å². The Morgan fingerprint density at radius 2 is 1.83 bits per heavy atom. The summed E-state index contributed by atoms with van der Waals surface area (Å²) in [6.45, 7) is 6.62. The first-order valence-electron chi connectivity index (χ1n) is 7.49. The number of aryl methyl sites for hydroxylation is 2. The van der Waals surface area contributed by atoms with Gasteiger partial charge in [-0.3, -0.25) is 10.1 Å². The molecule has 0 radical (unpaired) electrons. The van der Waals surface area contributed by atoms with Crippen molar-refractivity contribution in [3.8, 4) is 5.75 Å². The average Bonchev–Trinajstić information content (AvgIpc) is 2.97. The van der Waals surface area contributed by atoms with Gasteiger partial charge < -0.3 is 4.74 Å². The maximum absolute atomic E-state index is 12.3. The van der Waals surface area contributed by atoms with Crippen LogP contribution >= 0.6 is 11.3 Å². The summed E-state index contributed by atoms with van der Waals surface area (Å²) >= 11 is 1.50. The number of ether oxygens (including phenoxy) is 1. The molecule has 0 bridgehead atoms. The number of carbonyl (C=O) groups is 1. The molecule has 1 N–H and O–H groups in total. The number of rotatable bonds is 4. The second kappa shape index (κ2) is 6.38. The first-order chi connectivity index (χ1) is 11.1. The fourth-order valence-electron chi connectivity index (χ4n) is 2.35. The van der Waals surface area contributed by atoms with Crippen molar-refractivity contribution in [3.05, 3.63) is 53.1 Å². The molecule has 1 heterocycles. The number of fused-ring (bicyclic) bond motifs is 1. The lowest BCUT2D eigenvalue weighted by atomic mass is 10.1. The van der Waals surface area contributed by atoms with Crippen LogP contribution in [0.3, 0.4) is 0 Å². The lowest BCUT2D eigenvalue weighted by Gasteiger charge is -2.04. The molecule has 1 amide bonds. The molecule has 118 valence electrons. The van der Waals surface area contributed by atoms with Gasteiger partial charge in [0.2, 0.25) is 0 Å². The monoisotopic (exact) mass is 326 g/mol. The minimum absolute atomic E-state index is 0.164. The fourth-order valence-corrected chi connectivity index (χ4v) is 3.36. The average molecular weight is 326 g/mol. The van der Waals surface area contributed by atoms with Gasteiger partial charge in [0.05, 0.1) is 16.8 Å². The number of nitrogens with one attached hydrogen (secondary N) is 1. The van der Waals surface area contributed by atoms with Crippen LogP contribution in [0.1, 0.15) is 28.4 Å². The van der Waals surface area contributed by atoms with Crippen molar-refractivity contribution < 1.29 is 9.53 Å². The Morgan fingerprint density at radius 3 is 2.48 bits per heavy atom. The van der Waals surface area contributed by atoms with Gasteiger partial charge in [-0.15, -0.1) is 0 Å². The number of nitrogens with zero attached hydrogens (tertiary/aromatic N) is 1. The molecule has 23 heavy (non-hydrogen) atoms. The molecular formula is C18H18N2O2S. The number of thiazole rings is 1. The van der Waals surface area contributed by atoms with Crippen LogP contribution in [0.2, 0.25) is 0 Å². The normalized spacial score (nSPS) is 10.7. The van der Waals surface area contributed by atoms with Crippen molar-refractivity contribution in [3.63, 3.8) is 0 Å². The van der Waals surface area contributed by atoms with Crippen molar-refractivity contribution in [1.29, 1.82) is 0 Å². The summed E-state index contributed by atoms with van der Waals surface area (Å²) in [5.74, 6) is 0.595. The third-order valence-corrected chi connectivity index (χ3v) is 4.70. The standard InChI is InChI=1S/C18H18N2O2S/c1-4-22-14-9-7-13(8-10-14)17(21)20-18-19-15-11(2)5-6-12(3)16(15)23-18/h5-10H,4H2,1-3H3,(H,19,20,21). The SMILES string of the molecule is CCOc1ccc(C(=O)Nc2nc3c(C)ccc(C)c3s2)cc1. The topological polar surface area (TPSA) is 51.2 Å². The minimum atomic E-state index is -0.164. The molecule has 0 saturated carbocycles. The number of anilines is 1.